The van der Waals surface area contributed by atoms with Crippen LogP contribution in [0.4, 0.5) is 0 Å². The molecule has 0 unspecified atom stereocenters. The summed E-state index contributed by atoms with van der Waals surface area (Å²) in [4.78, 5) is 0. The third kappa shape index (κ3) is 29.2. The minimum atomic E-state index is -0.139. The average Bonchev–Trinajstić information content (AvgIpc) is 0.811. The summed E-state index contributed by atoms with van der Waals surface area (Å²) in [7, 11) is -0.139. The van der Waals surface area contributed by atoms with Gasteiger partial charge in [0.1, 0.15) is 0 Å². The second kappa shape index (κ2) is 5.54. The predicted octanol–water partition coefficient (Wildman–Crippen LogP) is 1.10. The van der Waals surface area contributed by atoms with Crippen molar-refractivity contribution in [1.82, 2.24) is 0 Å². The van der Waals surface area contributed by atoms with Crippen molar-refractivity contribution < 1.29 is 39.9 Å². The van der Waals surface area contributed by atoms with Gasteiger partial charge in [0.25, 0.3) is 0 Å². The first-order valence-electron chi connectivity index (χ1n) is 1.73. The van der Waals surface area contributed by atoms with Gasteiger partial charge in [0.05, 0.1) is 0 Å². The van der Waals surface area contributed by atoms with E-state index in [2.05, 4.69) is 19.6 Å². The fourth-order valence-electron chi connectivity index (χ4n) is 0. The SMILES string of the molecule is C[SiH](C)C.[Gd]. The number of hydrogen-bond acceptors (Lipinski definition) is 0. The molecule has 0 fully saturated rings. The molecule has 0 radical (unpaired) electrons. The Labute approximate surface area is 67.6 Å². The van der Waals surface area contributed by atoms with E-state index < -0.39 is 0 Å². The van der Waals surface area contributed by atoms with E-state index in [0.717, 1.165) is 0 Å². The monoisotopic (exact) mass is 232 g/mol. The maximum Gasteiger partial charge on any atom is 0.0274 e. The molecule has 0 saturated carbocycles. The molecule has 0 heterocycles. The van der Waals surface area contributed by atoms with Crippen LogP contribution in [0.25, 0.3) is 0 Å². The fourth-order valence-corrected chi connectivity index (χ4v) is 0. The van der Waals surface area contributed by atoms with Crippen LogP contribution in [0.1, 0.15) is 0 Å². The van der Waals surface area contributed by atoms with Gasteiger partial charge in [-0.05, 0) is 0 Å². The molecule has 0 aliphatic heterocycles. The van der Waals surface area contributed by atoms with Crippen LogP contribution < -0.4 is 0 Å². The molecule has 0 aromatic carbocycles. The van der Waals surface area contributed by atoms with E-state index in [1.54, 1.807) is 0 Å². The Kier molecular flexibility index (Phi) is 10.8. The zero-order valence-corrected chi connectivity index (χ0v) is 7.35. The molecule has 0 saturated heterocycles. The van der Waals surface area contributed by atoms with E-state index in [1.165, 1.54) is 0 Å². The first kappa shape index (κ1) is 9.74. The van der Waals surface area contributed by atoms with Gasteiger partial charge in [-0.3, -0.25) is 0 Å². The molecule has 0 bridgehead atoms. The zero-order chi connectivity index (χ0) is 3.58. The van der Waals surface area contributed by atoms with Crippen LogP contribution >= 0.6 is 0 Å². The molecule has 0 aliphatic carbocycles. The van der Waals surface area contributed by atoms with Crippen molar-refractivity contribution in [2.75, 3.05) is 0 Å². The van der Waals surface area contributed by atoms with E-state index in [4.69, 9.17) is 0 Å². The van der Waals surface area contributed by atoms with Crippen molar-refractivity contribution in [3.05, 3.63) is 0 Å². The quantitative estimate of drug-likeness (QED) is 0.548. The van der Waals surface area contributed by atoms with Gasteiger partial charge in [0, 0.05) is 48.7 Å². The summed E-state index contributed by atoms with van der Waals surface area (Å²) in [5, 5.41) is 0. The number of hydrogen-bond donors (Lipinski definition) is 0. The van der Waals surface area contributed by atoms with Crippen LogP contribution in [0.5, 0.6) is 0 Å². The van der Waals surface area contributed by atoms with Crippen LogP contribution in [-0.4, -0.2) is 8.80 Å². The Morgan fingerprint density at radius 1 is 1.00 bits per heavy atom. The second-order valence-electron chi connectivity index (χ2n) is 1.73. The Hall–Kier alpha value is 1.54. The Morgan fingerprint density at radius 3 is 1.00 bits per heavy atom. The van der Waals surface area contributed by atoms with Gasteiger partial charge in [-0.1, -0.05) is 19.6 Å². The van der Waals surface area contributed by atoms with Crippen molar-refractivity contribution in [3.8, 4) is 0 Å². The minimum Gasteiger partial charge on any atom is -0.0724 e. The Morgan fingerprint density at radius 2 is 1.00 bits per heavy atom. The van der Waals surface area contributed by atoms with Gasteiger partial charge in [-0.2, -0.15) is 0 Å². The van der Waals surface area contributed by atoms with Gasteiger partial charge >= 0.3 is 0 Å². The number of rotatable bonds is 0. The smallest absolute Gasteiger partial charge is 0.0274 e. The first-order chi connectivity index (χ1) is 1.73. The normalized spacial score (nSPS) is 7.20. The molecule has 2 heteroatoms. The molecule has 0 spiro atoms. The van der Waals surface area contributed by atoms with Crippen LogP contribution in [-0.2, 0) is 0 Å². The van der Waals surface area contributed by atoms with Crippen LogP contribution in [0.15, 0.2) is 0 Å². The summed E-state index contributed by atoms with van der Waals surface area (Å²) in [5.74, 6) is 0. The van der Waals surface area contributed by atoms with Gasteiger partial charge in [-0.15, -0.1) is 0 Å². The third-order valence-electron chi connectivity index (χ3n) is 0. The molecule has 0 amide bonds. The molecule has 0 nitrogen and oxygen atoms in total. The molecular formula is C3H10GdSi. The molecular weight excluding hydrogens is 221 g/mol. The molecule has 0 aromatic rings. The van der Waals surface area contributed by atoms with Crippen LogP contribution in [0, 0.1) is 39.9 Å². The molecule has 0 rings (SSSR count). The van der Waals surface area contributed by atoms with Crippen molar-refractivity contribution >= 4 is 8.80 Å². The summed E-state index contributed by atoms with van der Waals surface area (Å²) in [6.07, 6.45) is 0. The maximum absolute atomic E-state index is 2.31. The minimum absolute atomic E-state index is 0. The van der Waals surface area contributed by atoms with Gasteiger partial charge in [0.2, 0.25) is 0 Å². The molecule has 5 heavy (non-hydrogen) atoms. The van der Waals surface area contributed by atoms with Crippen molar-refractivity contribution in [1.29, 1.82) is 0 Å². The molecule has 34 valence electrons. The zero-order valence-electron chi connectivity index (χ0n) is 3.93. The summed E-state index contributed by atoms with van der Waals surface area (Å²) < 4.78 is 0. The van der Waals surface area contributed by atoms with Gasteiger partial charge in [-0.25, -0.2) is 0 Å². The molecule has 0 aliphatic rings. The predicted molar refractivity (Wildman–Crippen MR) is 24.7 cm³/mol. The van der Waals surface area contributed by atoms with Crippen molar-refractivity contribution in [2.45, 2.75) is 19.6 Å². The van der Waals surface area contributed by atoms with E-state index in [1.807, 2.05) is 0 Å². The molecule has 0 N–H and O–H groups in total. The van der Waals surface area contributed by atoms with E-state index in [0.29, 0.717) is 0 Å². The maximum atomic E-state index is 2.31. The summed E-state index contributed by atoms with van der Waals surface area (Å²) in [6.45, 7) is 6.92. The van der Waals surface area contributed by atoms with Crippen molar-refractivity contribution in [3.63, 3.8) is 0 Å². The average molecular weight is 231 g/mol. The fraction of sp³-hybridized carbons (Fsp3) is 1.00. The van der Waals surface area contributed by atoms with Crippen LogP contribution in [0.2, 0.25) is 19.6 Å². The third-order valence-corrected chi connectivity index (χ3v) is 0. The van der Waals surface area contributed by atoms with Crippen molar-refractivity contribution in [2.24, 2.45) is 0 Å². The molecule has 0 atom stereocenters. The first-order valence-corrected chi connectivity index (χ1v) is 5.20. The largest absolute Gasteiger partial charge is 0.0724 e. The molecule has 0 aromatic heterocycles. The topological polar surface area (TPSA) is 0 Å². The van der Waals surface area contributed by atoms with E-state index in [-0.39, 0.29) is 48.7 Å². The van der Waals surface area contributed by atoms with Gasteiger partial charge in [0.15, 0.2) is 0 Å². The van der Waals surface area contributed by atoms with Gasteiger partial charge < -0.3 is 0 Å². The Balaban J connectivity index is 0. The summed E-state index contributed by atoms with van der Waals surface area (Å²) in [5.41, 5.74) is 0. The van der Waals surface area contributed by atoms with Crippen LogP contribution in [0.3, 0.4) is 0 Å². The van der Waals surface area contributed by atoms with E-state index in [9.17, 15) is 0 Å². The second-order valence-corrected chi connectivity index (χ2v) is 5.20. The summed E-state index contributed by atoms with van der Waals surface area (Å²) >= 11 is 0. The Bertz CT molecular complexity index is 11.6. The van der Waals surface area contributed by atoms with E-state index >= 15 is 0 Å². The summed E-state index contributed by atoms with van der Waals surface area (Å²) in [6, 6.07) is 0. The standard InChI is InChI=1S/C3H10Si.Gd/c1-4(2)3;/h4H,1-3H3;.